The number of aromatic nitrogens is 6. The van der Waals surface area contributed by atoms with Gasteiger partial charge in [0.05, 0.1) is 0 Å². The molecule has 0 N–H and O–H groups in total. The van der Waals surface area contributed by atoms with Crippen molar-refractivity contribution in [1.82, 2.24) is 29.9 Å². The lowest BCUT2D eigenvalue weighted by Crippen LogP contribution is -2.00. The lowest BCUT2D eigenvalue weighted by molar-refractivity contribution is 1.07. The molecule has 2 aromatic heterocycles. The van der Waals surface area contributed by atoms with E-state index in [0.717, 1.165) is 62.1 Å². The van der Waals surface area contributed by atoms with Crippen LogP contribution < -0.4 is 0 Å². The molecule has 0 atom stereocenters. The molecule has 0 aliphatic heterocycles. The zero-order chi connectivity index (χ0) is 44.5. The topological polar surface area (TPSA) is 77.3 Å². The molecule has 0 amide bonds. The van der Waals surface area contributed by atoms with Crippen molar-refractivity contribution in [3.05, 3.63) is 242 Å². The third-order valence-electron chi connectivity index (χ3n) is 12.4. The van der Waals surface area contributed by atoms with E-state index < -0.39 is 0 Å². The van der Waals surface area contributed by atoms with Gasteiger partial charge in [0.15, 0.2) is 34.9 Å². The molecule has 1 aliphatic carbocycles. The fourth-order valence-corrected chi connectivity index (χ4v) is 9.03. The molecule has 0 saturated heterocycles. The summed E-state index contributed by atoms with van der Waals surface area (Å²) in [4.78, 5) is 29.9. The lowest BCUT2D eigenvalue weighted by atomic mass is 9.91. The first-order chi connectivity index (χ1) is 33.2. The minimum Gasteiger partial charge on any atom is -0.208 e. The first-order valence-corrected chi connectivity index (χ1v) is 22.5. The van der Waals surface area contributed by atoms with E-state index in [1.165, 1.54) is 33.4 Å². The lowest BCUT2D eigenvalue weighted by Gasteiger charge is -2.14. The Kier molecular flexibility index (Phi) is 10.1. The standard InChI is InChI=1S/C61H40N6/c1-5-17-40(18-6-1)56-62-57(41-19-7-2-8-20-41)65-60(64-56)50-27-15-25-44(35-50)46-31-33-48-37-49-34-32-47(39-55(49)53-30-14-13-29-52(53)54(48)38-46)45-26-16-28-51(36-45)61-66-58(42-21-9-3-10-22-42)63-59(67-61)43-23-11-4-12-24-43/h1-36,38-39H,37H2. The number of fused-ring (bicyclic) bond motifs is 5. The van der Waals surface area contributed by atoms with Gasteiger partial charge in [0, 0.05) is 33.4 Å². The molecule has 12 rings (SSSR count). The van der Waals surface area contributed by atoms with Crippen molar-refractivity contribution in [1.29, 1.82) is 0 Å². The molecule has 9 aromatic carbocycles. The van der Waals surface area contributed by atoms with Gasteiger partial charge >= 0.3 is 0 Å². The molecule has 2 heterocycles. The van der Waals surface area contributed by atoms with Crippen molar-refractivity contribution in [2.75, 3.05) is 0 Å². The van der Waals surface area contributed by atoms with Gasteiger partial charge in [0.25, 0.3) is 0 Å². The third kappa shape index (κ3) is 7.87. The highest BCUT2D eigenvalue weighted by Gasteiger charge is 2.22. The minimum absolute atomic E-state index is 0.633. The molecule has 0 saturated carbocycles. The van der Waals surface area contributed by atoms with E-state index in [0.29, 0.717) is 34.9 Å². The summed E-state index contributed by atoms with van der Waals surface area (Å²) in [6.07, 6.45) is 0.810. The summed E-state index contributed by atoms with van der Waals surface area (Å²) in [5, 5.41) is 0. The molecule has 6 nitrogen and oxygen atoms in total. The van der Waals surface area contributed by atoms with E-state index in [9.17, 15) is 0 Å². The quantitative estimate of drug-likeness (QED) is 0.151. The van der Waals surface area contributed by atoms with Crippen molar-refractivity contribution in [2.24, 2.45) is 0 Å². The zero-order valence-corrected chi connectivity index (χ0v) is 36.3. The zero-order valence-electron chi connectivity index (χ0n) is 36.3. The molecule has 67 heavy (non-hydrogen) atoms. The van der Waals surface area contributed by atoms with Crippen LogP contribution in [0.3, 0.4) is 0 Å². The van der Waals surface area contributed by atoms with E-state index in [1.54, 1.807) is 0 Å². The minimum atomic E-state index is 0.633. The van der Waals surface area contributed by atoms with Gasteiger partial charge in [0.2, 0.25) is 0 Å². The van der Waals surface area contributed by atoms with Crippen molar-refractivity contribution in [3.8, 4) is 113 Å². The Morgan fingerprint density at radius 1 is 0.194 bits per heavy atom. The summed E-state index contributed by atoms with van der Waals surface area (Å²) in [6, 6.07) is 80.1. The Morgan fingerprint density at radius 3 is 0.806 bits per heavy atom. The summed E-state index contributed by atoms with van der Waals surface area (Å²) in [5.41, 5.74) is 17.5. The molecular weight excluding hydrogens is 817 g/mol. The average molecular weight is 857 g/mol. The van der Waals surface area contributed by atoms with Crippen LogP contribution in [0.2, 0.25) is 0 Å². The van der Waals surface area contributed by atoms with E-state index in [-0.39, 0.29) is 0 Å². The molecule has 314 valence electrons. The normalized spacial score (nSPS) is 11.5. The SMILES string of the molecule is c1ccc(-c2nc(-c3ccccc3)nc(-c3cccc(-c4ccc5c(c4)-c4ccccc4-c4cc(-c6cccc(-c7nc(-c8ccccc8)nc(-c8ccccc8)n7)c6)ccc4C5)c3)n2)cc1. The fraction of sp³-hybridized carbons (Fsp3) is 0.0164. The van der Waals surface area contributed by atoms with Gasteiger partial charge in [-0.25, -0.2) is 29.9 Å². The summed E-state index contributed by atoms with van der Waals surface area (Å²) >= 11 is 0. The van der Waals surface area contributed by atoms with Crippen LogP contribution in [0.15, 0.2) is 231 Å². The molecule has 1 aliphatic rings. The first-order valence-electron chi connectivity index (χ1n) is 22.5. The van der Waals surface area contributed by atoms with E-state index in [4.69, 9.17) is 29.9 Å². The maximum absolute atomic E-state index is 5.02. The van der Waals surface area contributed by atoms with Crippen LogP contribution in [0.1, 0.15) is 11.1 Å². The number of rotatable bonds is 8. The molecule has 0 unspecified atom stereocenters. The predicted molar refractivity (Wildman–Crippen MR) is 270 cm³/mol. The van der Waals surface area contributed by atoms with Crippen LogP contribution in [0.5, 0.6) is 0 Å². The Bertz CT molecular complexity index is 3240. The van der Waals surface area contributed by atoms with Gasteiger partial charge < -0.3 is 0 Å². The largest absolute Gasteiger partial charge is 0.208 e. The molecule has 0 spiro atoms. The Morgan fingerprint density at radius 2 is 0.463 bits per heavy atom. The van der Waals surface area contributed by atoms with Crippen LogP contribution >= 0.6 is 0 Å². The molecule has 0 radical (unpaired) electrons. The number of hydrogen-bond donors (Lipinski definition) is 0. The fourth-order valence-electron chi connectivity index (χ4n) is 9.03. The van der Waals surface area contributed by atoms with Crippen molar-refractivity contribution in [2.45, 2.75) is 6.42 Å². The monoisotopic (exact) mass is 856 g/mol. The second-order valence-electron chi connectivity index (χ2n) is 16.7. The summed E-state index contributed by atoms with van der Waals surface area (Å²) in [7, 11) is 0. The highest BCUT2D eigenvalue weighted by molar-refractivity contribution is 5.92. The highest BCUT2D eigenvalue weighted by atomic mass is 15.0. The van der Waals surface area contributed by atoms with Crippen LogP contribution in [0.25, 0.3) is 113 Å². The van der Waals surface area contributed by atoms with E-state index in [1.807, 2.05) is 121 Å². The summed E-state index contributed by atoms with van der Waals surface area (Å²) in [5.74, 6) is 3.84. The van der Waals surface area contributed by atoms with Crippen molar-refractivity contribution >= 4 is 0 Å². The second-order valence-corrected chi connectivity index (χ2v) is 16.7. The van der Waals surface area contributed by atoms with Gasteiger partial charge in [-0.1, -0.05) is 206 Å². The third-order valence-corrected chi connectivity index (χ3v) is 12.4. The maximum Gasteiger partial charge on any atom is 0.164 e. The summed E-state index contributed by atoms with van der Waals surface area (Å²) in [6.45, 7) is 0. The second kappa shape index (κ2) is 17.2. The molecule has 11 aromatic rings. The molecule has 6 heteroatoms. The van der Waals surface area contributed by atoms with Crippen LogP contribution in [-0.2, 0) is 6.42 Å². The Balaban J connectivity index is 0.900. The molecule has 0 fully saturated rings. The molecular formula is C61H40N6. The Hall–Kier alpha value is -9.00. The first kappa shape index (κ1) is 39.6. The number of benzene rings is 9. The average Bonchev–Trinajstić information content (AvgIpc) is 3.55. The van der Waals surface area contributed by atoms with E-state index >= 15 is 0 Å². The van der Waals surface area contributed by atoms with Crippen LogP contribution in [0, 0.1) is 0 Å². The summed E-state index contributed by atoms with van der Waals surface area (Å²) < 4.78 is 0. The predicted octanol–water partition coefficient (Wildman–Crippen LogP) is 14.6. The van der Waals surface area contributed by atoms with Gasteiger partial charge in [-0.15, -0.1) is 0 Å². The maximum atomic E-state index is 5.02. The van der Waals surface area contributed by atoms with Crippen molar-refractivity contribution in [3.63, 3.8) is 0 Å². The van der Waals surface area contributed by atoms with Gasteiger partial charge in [-0.2, -0.15) is 0 Å². The van der Waals surface area contributed by atoms with Gasteiger partial charge in [0.1, 0.15) is 0 Å². The van der Waals surface area contributed by atoms with Gasteiger partial charge in [-0.05, 0) is 86.3 Å². The number of hydrogen-bond acceptors (Lipinski definition) is 6. The van der Waals surface area contributed by atoms with E-state index in [2.05, 4.69) is 109 Å². The van der Waals surface area contributed by atoms with Crippen LogP contribution in [-0.4, -0.2) is 29.9 Å². The Labute approximate surface area is 389 Å². The number of nitrogens with zero attached hydrogens (tertiary/aromatic N) is 6. The smallest absolute Gasteiger partial charge is 0.164 e. The van der Waals surface area contributed by atoms with Crippen LogP contribution in [0.4, 0.5) is 0 Å². The van der Waals surface area contributed by atoms with Crippen molar-refractivity contribution < 1.29 is 0 Å². The highest BCUT2D eigenvalue weighted by Crippen LogP contribution is 2.44. The molecule has 0 bridgehead atoms. The van der Waals surface area contributed by atoms with Gasteiger partial charge in [-0.3, -0.25) is 0 Å².